The van der Waals surface area contributed by atoms with E-state index in [1.54, 1.807) is 0 Å². The minimum Gasteiger partial charge on any atom is -0.384 e. The third-order valence-corrected chi connectivity index (χ3v) is 2.73. The second-order valence-electron chi connectivity index (χ2n) is 3.01. The highest BCUT2D eigenvalue weighted by Crippen LogP contribution is 2.19. The monoisotopic (exact) mass is 267 g/mol. The van der Waals surface area contributed by atoms with Gasteiger partial charge >= 0.3 is 5.76 Å². The lowest BCUT2D eigenvalue weighted by Crippen LogP contribution is -2.23. The topological polar surface area (TPSA) is 96.0 Å². The van der Waals surface area contributed by atoms with Gasteiger partial charge in [-0.2, -0.15) is 8.78 Å². The molecule has 0 atom stereocenters. The number of hydrogen-bond acceptors (Lipinski definition) is 3. The Balaban J connectivity index is 3.20. The molecule has 0 fully saturated rings. The fraction of sp³-hybridized carbons (Fsp3) is 0.125. The Bertz CT molecular complexity index is 545. The normalized spacial score (nSPS) is 11.5. The second kappa shape index (κ2) is 4.62. The number of amidine groups is 1. The maximum absolute atomic E-state index is 12.8. The number of anilines is 1. The third-order valence-electron chi connectivity index (χ3n) is 1.76. The van der Waals surface area contributed by atoms with E-state index in [-0.39, 0.29) is 11.3 Å². The van der Waals surface area contributed by atoms with Gasteiger partial charge in [-0.05, 0) is 18.2 Å². The van der Waals surface area contributed by atoms with Crippen LogP contribution < -0.4 is 10.5 Å². The lowest BCUT2D eigenvalue weighted by Gasteiger charge is -2.11. The zero-order valence-corrected chi connectivity index (χ0v) is 9.06. The summed E-state index contributed by atoms with van der Waals surface area (Å²) in [7, 11) is -4.88. The third kappa shape index (κ3) is 3.09. The first-order valence-corrected chi connectivity index (χ1v) is 5.72. The smallest absolute Gasteiger partial charge is 0.355 e. The number of benzene rings is 1. The zero-order chi connectivity index (χ0) is 13.2. The van der Waals surface area contributed by atoms with Crippen LogP contribution in [0.2, 0.25) is 0 Å². The van der Waals surface area contributed by atoms with Crippen molar-refractivity contribution >= 4 is 21.5 Å². The van der Waals surface area contributed by atoms with E-state index < -0.39 is 27.4 Å². The number of sulfonamides is 1. The zero-order valence-electron chi connectivity index (χ0n) is 8.25. The van der Waals surface area contributed by atoms with Crippen LogP contribution in [0.3, 0.4) is 0 Å². The second-order valence-corrected chi connectivity index (χ2v) is 4.66. The summed E-state index contributed by atoms with van der Waals surface area (Å²) in [6, 6.07) is 2.54. The summed E-state index contributed by atoms with van der Waals surface area (Å²) >= 11 is 0. The molecule has 1 aromatic carbocycles. The number of nitrogens with one attached hydrogen (secondary N) is 2. The van der Waals surface area contributed by atoms with Crippen LogP contribution in [0.25, 0.3) is 0 Å². The minimum absolute atomic E-state index is 0.311. The summed E-state index contributed by atoms with van der Waals surface area (Å²) in [6.07, 6.45) is 0. The van der Waals surface area contributed by atoms with Crippen LogP contribution in [0.1, 0.15) is 5.56 Å². The number of hydrogen-bond donors (Lipinski definition) is 3. The highest BCUT2D eigenvalue weighted by atomic mass is 32.2. The van der Waals surface area contributed by atoms with Crippen molar-refractivity contribution in [2.24, 2.45) is 5.73 Å². The molecule has 1 rings (SSSR count). The van der Waals surface area contributed by atoms with Crippen molar-refractivity contribution in [1.82, 2.24) is 0 Å². The summed E-state index contributed by atoms with van der Waals surface area (Å²) in [4.78, 5) is 0. The molecule has 0 aliphatic rings. The van der Waals surface area contributed by atoms with E-state index in [1.165, 1.54) is 4.72 Å². The molecule has 0 saturated carbocycles. The largest absolute Gasteiger partial charge is 0.384 e. The van der Waals surface area contributed by atoms with E-state index in [2.05, 4.69) is 0 Å². The Morgan fingerprint density at radius 1 is 1.41 bits per heavy atom. The maximum atomic E-state index is 12.8. The number of nitrogen functional groups attached to an aromatic ring is 1. The Labute approximate surface area is 95.0 Å². The van der Waals surface area contributed by atoms with Crippen molar-refractivity contribution in [3.8, 4) is 0 Å². The molecule has 0 spiro atoms. The molecule has 5 nitrogen and oxygen atoms in total. The Morgan fingerprint density at radius 2 is 2.00 bits per heavy atom. The lowest BCUT2D eigenvalue weighted by atomic mass is 10.1. The molecule has 0 aliphatic heterocycles. The van der Waals surface area contributed by atoms with E-state index in [0.717, 1.165) is 18.2 Å². The number of alkyl halides is 2. The lowest BCUT2D eigenvalue weighted by molar-refractivity contribution is 0.236. The summed E-state index contributed by atoms with van der Waals surface area (Å²) in [5, 5.41) is 7.08. The van der Waals surface area contributed by atoms with Crippen molar-refractivity contribution < 1.29 is 21.6 Å². The first-order chi connectivity index (χ1) is 7.74. The molecule has 0 aromatic heterocycles. The van der Waals surface area contributed by atoms with Gasteiger partial charge in [-0.1, -0.05) is 0 Å². The first-order valence-electron chi connectivity index (χ1n) is 4.18. The average molecular weight is 267 g/mol. The Hall–Kier alpha value is -1.77. The molecule has 0 aliphatic carbocycles. The van der Waals surface area contributed by atoms with Crippen molar-refractivity contribution in [3.63, 3.8) is 0 Å². The van der Waals surface area contributed by atoms with Gasteiger partial charge in [0.15, 0.2) is 0 Å². The molecule has 0 bridgehead atoms. The van der Waals surface area contributed by atoms with Crippen molar-refractivity contribution in [2.45, 2.75) is 5.76 Å². The van der Waals surface area contributed by atoms with Crippen LogP contribution >= 0.6 is 0 Å². The van der Waals surface area contributed by atoms with E-state index in [1.807, 2.05) is 0 Å². The standard InChI is InChI=1S/C8H8F3N3O2S/c9-4-1-2-6(5(3-4)7(12)13)14-17(15,16)8(10)11/h1-3,8,14H,(H3,12,13). The van der Waals surface area contributed by atoms with Crippen molar-refractivity contribution in [1.29, 1.82) is 5.41 Å². The molecule has 94 valence electrons. The van der Waals surface area contributed by atoms with Gasteiger partial charge in [-0.15, -0.1) is 0 Å². The number of nitrogens with two attached hydrogens (primary N) is 1. The molecule has 0 unspecified atom stereocenters. The SMILES string of the molecule is N=C(N)c1cc(F)ccc1NS(=O)(=O)C(F)F. The predicted octanol–water partition coefficient (Wildman–Crippen LogP) is 1.07. The number of halogens is 3. The molecule has 0 amide bonds. The Kier molecular flexibility index (Phi) is 3.61. The molecule has 0 heterocycles. The van der Waals surface area contributed by atoms with Gasteiger partial charge < -0.3 is 5.73 Å². The highest BCUT2D eigenvalue weighted by Gasteiger charge is 2.25. The first kappa shape index (κ1) is 13.3. The van der Waals surface area contributed by atoms with Gasteiger partial charge in [0.1, 0.15) is 11.7 Å². The Morgan fingerprint density at radius 3 is 2.47 bits per heavy atom. The van der Waals surface area contributed by atoms with Gasteiger partial charge in [-0.3, -0.25) is 10.1 Å². The van der Waals surface area contributed by atoms with Crippen molar-refractivity contribution in [2.75, 3.05) is 4.72 Å². The fourth-order valence-electron chi connectivity index (χ4n) is 1.03. The van der Waals surface area contributed by atoms with Crippen LogP contribution in [-0.2, 0) is 10.0 Å². The van der Waals surface area contributed by atoms with Gasteiger partial charge in [-0.25, -0.2) is 12.8 Å². The van der Waals surface area contributed by atoms with Crippen LogP contribution in [0.5, 0.6) is 0 Å². The fourth-order valence-corrected chi connectivity index (χ4v) is 1.60. The summed E-state index contributed by atoms with van der Waals surface area (Å²) in [6.45, 7) is 0. The molecule has 0 saturated heterocycles. The molecular formula is C8H8F3N3O2S. The van der Waals surface area contributed by atoms with E-state index >= 15 is 0 Å². The van der Waals surface area contributed by atoms with Gasteiger partial charge in [0.2, 0.25) is 0 Å². The van der Waals surface area contributed by atoms with Gasteiger partial charge in [0.25, 0.3) is 10.0 Å². The molecule has 4 N–H and O–H groups in total. The quantitative estimate of drug-likeness (QED) is 0.562. The van der Waals surface area contributed by atoms with E-state index in [4.69, 9.17) is 11.1 Å². The molecule has 9 heteroatoms. The minimum atomic E-state index is -4.88. The van der Waals surface area contributed by atoms with Crippen LogP contribution in [0, 0.1) is 11.2 Å². The molecular weight excluding hydrogens is 259 g/mol. The van der Waals surface area contributed by atoms with E-state index in [0.29, 0.717) is 0 Å². The predicted molar refractivity (Wildman–Crippen MR) is 56.0 cm³/mol. The number of rotatable bonds is 4. The van der Waals surface area contributed by atoms with Crippen LogP contribution in [0.15, 0.2) is 18.2 Å². The van der Waals surface area contributed by atoms with Gasteiger partial charge in [0, 0.05) is 5.56 Å². The van der Waals surface area contributed by atoms with Crippen LogP contribution in [0.4, 0.5) is 18.9 Å². The average Bonchev–Trinajstić information content (AvgIpc) is 2.19. The summed E-state index contributed by atoms with van der Waals surface area (Å²) in [5.41, 5.74) is 4.39. The molecule has 1 aromatic rings. The maximum Gasteiger partial charge on any atom is 0.355 e. The molecule has 17 heavy (non-hydrogen) atoms. The van der Waals surface area contributed by atoms with Crippen molar-refractivity contribution in [3.05, 3.63) is 29.6 Å². The van der Waals surface area contributed by atoms with E-state index in [9.17, 15) is 21.6 Å². The van der Waals surface area contributed by atoms with Crippen LogP contribution in [-0.4, -0.2) is 20.0 Å². The summed E-state index contributed by atoms with van der Waals surface area (Å²) in [5.74, 6) is -5.04. The van der Waals surface area contributed by atoms with Gasteiger partial charge in [0.05, 0.1) is 5.69 Å². The molecule has 0 radical (unpaired) electrons. The summed E-state index contributed by atoms with van der Waals surface area (Å²) < 4.78 is 60.3. The highest BCUT2D eigenvalue weighted by molar-refractivity contribution is 7.93.